The van der Waals surface area contributed by atoms with Crippen molar-refractivity contribution >= 4 is 49.8 Å². The van der Waals surface area contributed by atoms with Crippen molar-refractivity contribution in [2.45, 2.75) is 32.0 Å². The fourth-order valence-corrected chi connectivity index (χ4v) is 4.93. The minimum Gasteiger partial charge on any atom is -0.299 e. The summed E-state index contributed by atoms with van der Waals surface area (Å²) >= 11 is 2.86. The molecule has 2 aromatic rings. The number of anilines is 2. The van der Waals surface area contributed by atoms with E-state index in [1.807, 2.05) is 19.9 Å². The maximum absolute atomic E-state index is 12.4. The van der Waals surface area contributed by atoms with Gasteiger partial charge in [-0.2, -0.15) is 0 Å². The van der Waals surface area contributed by atoms with Gasteiger partial charge in [0.15, 0.2) is 4.34 Å². The van der Waals surface area contributed by atoms with Crippen molar-refractivity contribution in [1.82, 2.24) is 10.2 Å². The highest BCUT2D eigenvalue weighted by atomic mass is 32.2. The van der Waals surface area contributed by atoms with E-state index in [4.69, 9.17) is 0 Å². The number of thioether (sulfide) groups is 1. The normalized spacial score (nSPS) is 11.6. The third-order valence-corrected chi connectivity index (χ3v) is 6.91. The lowest BCUT2D eigenvalue weighted by Crippen LogP contribution is -2.37. The zero-order chi connectivity index (χ0) is 20.2. The highest BCUT2D eigenvalue weighted by molar-refractivity contribution is 8.01. The topological polar surface area (TPSA) is 92.3 Å². The summed E-state index contributed by atoms with van der Waals surface area (Å²) in [6.45, 7) is 7.67. The Bertz CT molecular complexity index is 890. The summed E-state index contributed by atoms with van der Waals surface area (Å²) in [6, 6.07) is 5.43. The molecule has 0 radical (unpaired) electrons. The lowest BCUT2D eigenvalue weighted by atomic mass is 10.1. The van der Waals surface area contributed by atoms with Crippen LogP contribution in [0.4, 0.5) is 10.8 Å². The van der Waals surface area contributed by atoms with Crippen LogP contribution in [-0.4, -0.2) is 43.1 Å². The molecule has 0 atom stereocenters. The van der Waals surface area contributed by atoms with Crippen LogP contribution in [0.15, 0.2) is 22.5 Å². The van der Waals surface area contributed by atoms with E-state index >= 15 is 0 Å². The third-order valence-electron chi connectivity index (χ3n) is 3.37. The van der Waals surface area contributed by atoms with E-state index in [0.29, 0.717) is 16.7 Å². The van der Waals surface area contributed by atoms with Crippen molar-refractivity contribution in [3.8, 4) is 0 Å². The van der Waals surface area contributed by atoms with Gasteiger partial charge in [0, 0.05) is 5.75 Å². The lowest BCUT2D eigenvalue weighted by molar-refractivity contribution is -0.114. The third kappa shape index (κ3) is 6.78. The molecule has 1 heterocycles. The second kappa shape index (κ2) is 9.03. The largest absolute Gasteiger partial charge is 0.299 e. The molecule has 0 aliphatic heterocycles. The molecule has 0 unspecified atom stereocenters. The van der Waals surface area contributed by atoms with Crippen LogP contribution in [0.3, 0.4) is 0 Å². The number of amides is 1. The Kier molecular flexibility index (Phi) is 7.24. The van der Waals surface area contributed by atoms with Crippen LogP contribution >= 0.6 is 23.1 Å². The highest BCUT2D eigenvalue weighted by Crippen LogP contribution is 2.27. The first kappa shape index (κ1) is 21.6. The molecule has 0 aliphatic carbocycles. The van der Waals surface area contributed by atoms with Gasteiger partial charge in [0.2, 0.25) is 21.1 Å². The Morgan fingerprint density at radius 1 is 1.22 bits per heavy atom. The molecule has 1 aromatic heterocycles. The number of sulfonamides is 1. The number of hydrogen-bond acceptors (Lipinski definition) is 7. The number of hydrogen-bond donors (Lipinski definition) is 1. The Hall–Kier alpha value is -1.65. The summed E-state index contributed by atoms with van der Waals surface area (Å²) in [5, 5.41) is 11.0. The predicted octanol–water partition coefficient (Wildman–Crippen LogP) is 3.31. The Balaban J connectivity index is 2.11. The molecule has 7 nitrogen and oxygen atoms in total. The van der Waals surface area contributed by atoms with Crippen LogP contribution in [0.25, 0.3) is 0 Å². The molecule has 0 spiro atoms. The van der Waals surface area contributed by atoms with Gasteiger partial charge in [0.1, 0.15) is 6.54 Å². The number of aromatic nitrogens is 2. The summed E-state index contributed by atoms with van der Waals surface area (Å²) in [4.78, 5) is 12.4. The maximum atomic E-state index is 12.4. The minimum atomic E-state index is -3.62. The van der Waals surface area contributed by atoms with E-state index in [1.165, 1.54) is 11.3 Å². The minimum absolute atomic E-state index is 0.324. The second-order valence-corrected chi connectivity index (χ2v) is 10.9. The molecule has 1 aromatic carbocycles. The van der Waals surface area contributed by atoms with Crippen molar-refractivity contribution in [3.05, 3.63) is 29.3 Å². The summed E-state index contributed by atoms with van der Waals surface area (Å²) in [5.74, 6) is 0.978. The molecular weight excluding hydrogens is 404 g/mol. The molecule has 0 saturated heterocycles. The van der Waals surface area contributed by atoms with Crippen LogP contribution in [-0.2, 0) is 14.8 Å². The quantitative estimate of drug-likeness (QED) is 0.512. The van der Waals surface area contributed by atoms with Gasteiger partial charge in [0.25, 0.3) is 0 Å². The molecular formula is C17H24N4O3S3. The molecule has 0 fully saturated rings. The summed E-state index contributed by atoms with van der Waals surface area (Å²) in [5.41, 5.74) is 2.32. The van der Waals surface area contributed by atoms with E-state index in [2.05, 4.69) is 29.4 Å². The lowest BCUT2D eigenvalue weighted by Gasteiger charge is -2.22. The van der Waals surface area contributed by atoms with Crippen molar-refractivity contribution in [1.29, 1.82) is 0 Å². The molecule has 1 amide bonds. The van der Waals surface area contributed by atoms with Gasteiger partial charge in [-0.3, -0.25) is 14.4 Å². The summed E-state index contributed by atoms with van der Waals surface area (Å²) < 4.78 is 26.3. The number of nitrogens with zero attached hydrogens (tertiary/aromatic N) is 3. The van der Waals surface area contributed by atoms with Gasteiger partial charge in [0.05, 0.1) is 11.9 Å². The number of aryl methyl sites for hydroxylation is 2. The molecule has 148 valence electrons. The van der Waals surface area contributed by atoms with E-state index < -0.39 is 15.9 Å². The fourth-order valence-electron chi connectivity index (χ4n) is 2.34. The Morgan fingerprint density at radius 3 is 2.41 bits per heavy atom. The number of nitrogens with one attached hydrogen (secondary N) is 1. The van der Waals surface area contributed by atoms with Gasteiger partial charge >= 0.3 is 0 Å². The number of rotatable bonds is 8. The van der Waals surface area contributed by atoms with E-state index in [1.54, 1.807) is 23.9 Å². The number of carbonyl (C=O) groups is 1. The second-order valence-electron chi connectivity index (χ2n) is 6.74. The van der Waals surface area contributed by atoms with Crippen LogP contribution in [0.5, 0.6) is 0 Å². The summed E-state index contributed by atoms with van der Waals surface area (Å²) in [6.07, 6.45) is 1.09. The average Bonchev–Trinajstić information content (AvgIpc) is 2.96. The average molecular weight is 429 g/mol. The maximum Gasteiger partial charge on any atom is 0.246 e. The monoisotopic (exact) mass is 428 g/mol. The van der Waals surface area contributed by atoms with Gasteiger partial charge in [-0.15, -0.1) is 10.2 Å². The Labute approximate surface area is 168 Å². The molecule has 0 saturated carbocycles. The molecule has 27 heavy (non-hydrogen) atoms. The summed E-state index contributed by atoms with van der Waals surface area (Å²) in [7, 11) is -3.62. The molecule has 1 N–H and O–H groups in total. The van der Waals surface area contributed by atoms with Gasteiger partial charge in [-0.25, -0.2) is 8.42 Å². The number of carbonyl (C=O) groups excluding carboxylic acids is 1. The fraction of sp³-hybridized carbons (Fsp3) is 0.471. The van der Waals surface area contributed by atoms with Gasteiger partial charge < -0.3 is 0 Å². The molecule has 0 bridgehead atoms. The van der Waals surface area contributed by atoms with Crippen molar-refractivity contribution in [2.24, 2.45) is 5.92 Å². The van der Waals surface area contributed by atoms with Crippen LogP contribution in [0.2, 0.25) is 0 Å². The molecule has 2 rings (SSSR count). The van der Waals surface area contributed by atoms with E-state index in [0.717, 1.165) is 31.8 Å². The zero-order valence-corrected chi connectivity index (χ0v) is 18.5. The van der Waals surface area contributed by atoms with E-state index in [9.17, 15) is 13.2 Å². The van der Waals surface area contributed by atoms with Gasteiger partial charge in [-0.1, -0.05) is 43.0 Å². The standard InChI is InChI=1S/C17H24N4O3S3/c1-11(2)10-25-17-20-19-16(26-17)18-15(22)9-21(27(5,23)24)14-7-12(3)6-13(4)8-14/h6-8,11H,9-10H2,1-5H3,(H,18,19,22). The van der Waals surface area contributed by atoms with Crippen molar-refractivity contribution < 1.29 is 13.2 Å². The Morgan fingerprint density at radius 2 is 1.85 bits per heavy atom. The number of benzene rings is 1. The smallest absolute Gasteiger partial charge is 0.246 e. The molecule has 10 heteroatoms. The highest BCUT2D eigenvalue weighted by Gasteiger charge is 2.22. The van der Waals surface area contributed by atoms with Crippen molar-refractivity contribution in [3.63, 3.8) is 0 Å². The van der Waals surface area contributed by atoms with Crippen LogP contribution in [0.1, 0.15) is 25.0 Å². The first-order chi connectivity index (χ1) is 12.5. The van der Waals surface area contributed by atoms with Crippen molar-refractivity contribution in [2.75, 3.05) is 28.2 Å². The SMILES string of the molecule is Cc1cc(C)cc(N(CC(=O)Nc2nnc(SCC(C)C)s2)S(C)(=O)=O)c1. The van der Waals surface area contributed by atoms with E-state index in [-0.39, 0.29) is 6.54 Å². The molecule has 0 aliphatic rings. The van der Waals surface area contributed by atoms with Crippen LogP contribution in [0, 0.1) is 19.8 Å². The first-order valence-corrected chi connectivity index (χ1v) is 12.0. The zero-order valence-electron chi connectivity index (χ0n) is 16.0. The van der Waals surface area contributed by atoms with Crippen LogP contribution < -0.4 is 9.62 Å². The predicted molar refractivity (Wildman–Crippen MR) is 112 cm³/mol. The van der Waals surface area contributed by atoms with Gasteiger partial charge in [-0.05, 0) is 43.0 Å². The first-order valence-electron chi connectivity index (χ1n) is 8.36.